The highest BCUT2D eigenvalue weighted by Gasteiger charge is 2.20. The van der Waals surface area contributed by atoms with Crippen LogP contribution in [0.5, 0.6) is 0 Å². The third-order valence-corrected chi connectivity index (χ3v) is 3.83. The number of rotatable bonds is 7. The van der Waals surface area contributed by atoms with E-state index in [1.807, 2.05) is 25.7 Å². The van der Waals surface area contributed by atoms with Crippen LogP contribution >= 0.6 is 0 Å². The van der Waals surface area contributed by atoms with Gasteiger partial charge in [0.15, 0.2) is 0 Å². The van der Waals surface area contributed by atoms with Crippen molar-refractivity contribution in [2.24, 2.45) is 0 Å². The van der Waals surface area contributed by atoms with Gasteiger partial charge in [0, 0.05) is 19.1 Å². The van der Waals surface area contributed by atoms with Gasteiger partial charge in [0.1, 0.15) is 0 Å². The van der Waals surface area contributed by atoms with Crippen LogP contribution in [0.3, 0.4) is 0 Å². The lowest BCUT2D eigenvalue weighted by Gasteiger charge is -2.26. The summed E-state index contributed by atoms with van der Waals surface area (Å²) in [6, 6.07) is 8.62. The highest BCUT2D eigenvalue weighted by Crippen LogP contribution is 2.14. The number of amides is 1. The molecule has 1 rings (SSSR count). The number of nitrogens with zero attached hydrogens (tertiary/aromatic N) is 1. The van der Waals surface area contributed by atoms with Crippen LogP contribution in [0.2, 0.25) is 0 Å². The smallest absolute Gasteiger partial charge is 0.239 e. The second-order valence-corrected chi connectivity index (χ2v) is 5.22. The van der Waals surface area contributed by atoms with E-state index in [0.29, 0.717) is 0 Å². The Balaban J connectivity index is 2.64. The molecular formula is C17H28N2O. The summed E-state index contributed by atoms with van der Waals surface area (Å²) in [5.74, 6) is 0.173. The van der Waals surface area contributed by atoms with Crippen LogP contribution in [0.15, 0.2) is 24.3 Å². The second kappa shape index (κ2) is 8.05. The highest BCUT2D eigenvalue weighted by atomic mass is 16.2. The van der Waals surface area contributed by atoms with Crippen LogP contribution in [0.4, 0.5) is 0 Å². The molecule has 0 saturated heterocycles. The molecule has 0 spiro atoms. The quantitative estimate of drug-likeness (QED) is 0.829. The molecule has 3 heteroatoms. The first-order valence-electron chi connectivity index (χ1n) is 7.67. The molecule has 0 heterocycles. The maximum absolute atomic E-state index is 12.2. The first-order valence-corrected chi connectivity index (χ1v) is 7.67. The maximum Gasteiger partial charge on any atom is 0.239 e. The summed E-state index contributed by atoms with van der Waals surface area (Å²) in [5.41, 5.74) is 2.56. The van der Waals surface area contributed by atoms with E-state index in [-0.39, 0.29) is 18.0 Å². The summed E-state index contributed by atoms with van der Waals surface area (Å²) < 4.78 is 0. The van der Waals surface area contributed by atoms with E-state index in [9.17, 15) is 4.79 Å². The van der Waals surface area contributed by atoms with Gasteiger partial charge in [-0.15, -0.1) is 0 Å². The van der Waals surface area contributed by atoms with E-state index in [0.717, 1.165) is 19.5 Å². The van der Waals surface area contributed by atoms with Gasteiger partial charge in [0.05, 0.1) is 6.04 Å². The van der Waals surface area contributed by atoms with Crippen molar-refractivity contribution in [3.63, 3.8) is 0 Å². The van der Waals surface area contributed by atoms with Gasteiger partial charge in [-0.2, -0.15) is 0 Å². The van der Waals surface area contributed by atoms with Gasteiger partial charge in [-0.05, 0) is 45.2 Å². The minimum atomic E-state index is -0.157. The van der Waals surface area contributed by atoms with E-state index in [4.69, 9.17) is 0 Å². The summed E-state index contributed by atoms with van der Waals surface area (Å²) in [7, 11) is 0. The standard InChI is InChI=1S/C17H28N2O/c1-6-15-9-11-16(12-10-15)13(4)18-14(5)17(20)19(7-2)8-3/h9-14,18H,6-8H2,1-5H3. The number of hydrogen-bond acceptors (Lipinski definition) is 2. The molecule has 1 aromatic rings. The predicted molar refractivity (Wildman–Crippen MR) is 84.8 cm³/mol. The largest absolute Gasteiger partial charge is 0.342 e. The molecule has 1 N–H and O–H groups in total. The van der Waals surface area contributed by atoms with Crippen LogP contribution in [0.25, 0.3) is 0 Å². The second-order valence-electron chi connectivity index (χ2n) is 5.22. The number of carbonyl (C=O) groups is 1. The Labute approximate surface area is 123 Å². The number of nitrogens with one attached hydrogen (secondary N) is 1. The molecule has 0 aliphatic carbocycles. The molecule has 20 heavy (non-hydrogen) atoms. The normalized spacial score (nSPS) is 13.8. The average molecular weight is 276 g/mol. The fraction of sp³-hybridized carbons (Fsp3) is 0.588. The van der Waals surface area contributed by atoms with Gasteiger partial charge in [0.25, 0.3) is 0 Å². The Morgan fingerprint density at radius 2 is 1.65 bits per heavy atom. The van der Waals surface area contributed by atoms with Gasteiger partial charge in [0.2, 0.25) is 5.91 Å². The summed E-state index contributed by atoms with van der Waals surface area (Å²) in [6.07, 6.45) is 1.05. The zero-order chi connectivity index (χ0) is 15.1. The molecule has 1 amide bonds. The Bertz CT molecular complexity index is 410. The number of likely N-dealkylation sites (N-methyl/N-ethyl adjacent to an activating group) is 1. The molecule has 2 atom stereocenters. The molecule has 0 saturated carbocycles. The van der Waals surface area contributed by atoms with E-state index < -0.39 is 0 Å². The third kappa shape index (κ3) is 4.34. The maximum atomic E-state index is 12.2. The van der Waals surface area contributed by atoms with Crippen molar-refractivity contribution in [2.75, 3.05) is 13.1 Å². The SMILES string of the molecule is CCc1ccc(C(C)NC(C)C(=O)N(CC)CC)cc1. The average Bonchev–Trinajstić information content (AvgIpc) is 2.48. The zero-order valence-electron chi connectivity index (χ0n) is 13.4. The van der Waals surface area contributed by atoms with Crippen LogP contribution in [-0.4, -0.2) is 29.9 Å². The minimum absolute atomic E-state index is 0.157. The van der Waals surface area contributed by atoms with Gasteiger partial charge in [-0.25, -0.2) is 0 Å². The predicted octanol–water partition coefficient (Wildman–Crippen LogP) is 3.16. The monoisotopic (exact) mass is 276 g/mol. The summed E-state index contributed by atoms with van der Waals surface area (Å²) in [5, 5.41) is 3.39. The zero-order valence-corrected chi connectivity index (χ0v) is 13.4. The van der Waals surface area contributed by atoms with Crippen molar-refractivity contribution in [2.45, 2.75) is 53.1 Å². The van der Waals surface area contributed by atoms with Crippen molar-refractivity contribution < 1.29 is 4.79 Å². The molecule has 3 nitrogen and oxygen atoms in total. The van der Waals surface area contributed by atoms with E-state index in [1.165, 1.54) is 11.1 Å². The highest BCUT2D eigenvalue weighted by molar-refractivity contribution is 5.81. The minimum Gasteiger partial charge on any atom is -0.342 e. The molecule has 112 valence electrons. The van der Waals surface area contributed by atoms with Crippen molar-refractivity contribution in [3.05, 3.63) is 35.4 Å². The number of aryl methyl sites for hydroxylation is 1. The van der Waals surface area contributed by atoms with E-state index in [1.54, 1.807) is 0 Å². The lowest BCUT2D eigenvalue weighted by Crippen LogP contribution is -2.45. The number of hydrogen-bond donors (Lipinski definition) is 1. The van der Waals surface area contributed by atoms with Crippen LogP contribution in [0, 0.1) is 0 Å². The Kier molecular flexibility index (Phi) is 6.73. The third-order valence-electron chi connectivity index (χ3n) is 3.83. The van der Waals surface area contributed by atoms with Crippen LogP contribution in [-0.2, 0) is 11.2 Å². The molecule has 0 bridgehead atoms. The fourth-order valence-electron chi connectivity index (χ4n) is 2.39. The first-order chi connectivity index (χ1) is 9.53. The molecule has 1 aromatic carbocycles. The Hall–Kier alpha value is -1.35. The molecule has 2 unspecified atom stereocenters. The number of benzene rings is 1. The summed E-state index contributed by atoms with van der Waals surface area (Å²) in [4.78, 5) is 14.1. The van der Waals surface area contributed by atoms with Gasteiger partial charge >= 0.3 is 0 Å². The van der Waals surface area contributed by atoms with Crippen LogP contribution in [0.1, 0.15) is 51.8 Å². The molecule has 0 aliphatic heterocycles. The van der Waals surface area contributed by atoms with Gasteiger partial charge < -0.3 is 4.90 Å². The lowest BCUT2D eigenvalue weighted by molar-refractivity contribution is -0.132. The molecule has 0 fully saturated rings. The summed E-state index contributed by atoms with van der Waals surface area (Å²) in [6.45, 7) is 11.8. The topological polar surface area (TPSA) is 32.3 Å². The van der Waals surface area contributed by atoms with Gasteiger partial charge in [-0.1, -0.05) is 31.2 Å². The first kappa shape index (κ1) is 16.7. The van der Waals surface area contributed by atoms with Crippen LogP contribution < -0.4 is 5.32 Å². The Morgan fingerprint density at radius 3 is 2.10 bits per heavy atom. The summed E-state index contributed by atoms with van der Waals surface area (Å²) >= 11 is 0. The van der Waals surface area contributed by atoms with Crippen molar-refractivity contribution in [1.29, 1.82) is 0 Å². The van der Waals surface area contributed by atoms with Crippen molar-refractivity contribution >= 4 is 5.91 Å². The van der Waals surface area contributed by atoms with E-state index >= 15 is 0 Å². The Morgan fingerprint density at radius 1 is 1.10 bits per heavy atom. The molecule has 0 radical (unpaired) electrons. The van der Waals surface area contributed by atoms with Gasteiger partial charge in [-0.3, -0.25) is 10.1 Å². The lowest BCUT2D eigenvalue weighted by atomic mass is 10.0. The van der Waals surface area contributed by atoms with Crippen molar-refractivity contribution in [3.8, 4) is 0 Å². The fourth-order valence-corrected chi connectivity index (χ4v) is 2.39. The molecule has 0 aromatic heterocycles. The van der Waals surface area contributed by atoms with E-state index in [2.05, 4.69) is 43.4 Å². The van der Waals surface area contributed by atoms with Crippen molar-refractivity contribution in [1.82, 2.24) is 10.2 Å². The number of carbonyl (C=O) groups excluding carboxylic acids is 1. The molecular weight excluding hydrogens is 248 g/mol. The molecule has 0 aliphatic rings.